The summed E-state index contributed by atoms with van der Waals surface area (Å²) in [5.41, 5.74) is 6.32. The first-order valence-corrected chi connectivity index (χ1v) is 8.42. The number of amides is 1. The lowest BCUT2D eigenvalue weighted by Gasteiger charge is -2.20. The molecule has 0 aromatic heterocycles. The minimum atomic E-state index is -0.721. The van der Waals surface area contributed by atoms with Crippen molar-refractivity contribution < 1.29 is 19.4 Å². The monoisotopic (exact) mass is 338 g/mol. The molecule has 136 valence electrons. The predicted octanol–water partition coefficient (Wildman–Crippen LogP) is 1.87. The number of benzene rings is 1. The summed E-state index contributed by atoms with van der Waals surface area (Å²) in [5.74, 6) is 0.292. The Hall–Kier alpha value is -1.63. The number of rotatable bonds is 11. The summed E-state index contributed by atoms with van der Waals surface area (Å²) in [6.45, 7) is 9.99. The van der Waals surface area contributed by atoms with Crippen molar-refractivity contribution in [2.24, 2.45) is 11.7 Å². The van der Waals surface area contributed by atoms with E-state index in [1.54, 1.807) is 18.2 Å². The Morgan fingerprint density at radius 2 is 2.00 bits per heavy atom. The Morgan fingerprint density at radius 3 is 2.58 bits per heavy atom. The van der Waals surface area contributed by atoms with Gasteiger partial charge in [-0.25, -0.2) is 0 Å². The molecule has 1 aromatic rings. The van der Waals surface area contributed by atoms with Gasteiger partial charge in [-0.1, -0.05) is 19.9 Å². The molecule has 0 saturated heterocycles. The fourth-order valence-corrected chi connectivity index (χ4v) is 2.08. The minimum absolute atomic E-state index is 0.264. The molecule has 1 rings (SSSR count). The maximum atomic E-state index is 11.7. The number of ether oxygens (including phenoxy) is 2. The number of carbonyl (C=O) groups excluding carboxylic acids is 1. The van der Waals surface area contributed by atoms with Crippen LogP contribution in [0.5, 0.6) is 5.75 Å². The first kappa shape index (κ1) is 20.4. The highest BCUT2D eigenvalue weighted by Crippen LogP contribution is 2.23. The van der Waals surface area contributed by atoms with Crippen LogP contribution in [-0.2, 0) is 4.74 Å². The molecule has 0 spiro atoms. The van der Waals surface area contributed by atoms with Gasteiger partial charge in [0.1, 0.15) is 12.4 Å². The number of aliphatic hydroxyl groups excluding tert-OH is 1. The van der Waals surface area contributed by atoms with Gasteiger partial charge in [0.2, 0.25) is 0 Å². The average molecular weight is 338 g/mol. The van der Waals surface area contributed by atoms with Gasteiger partial charge in [-0.2, -0.15) is 0 Å². The maximum Gasteiger partial charge on any atom is 0.252 e. The number of carbonyl (C=O) groups is 1. The van der Waals surface area contributed by atoms with Gasteiger partial charge in [-0.05, 0) is 37.5 Å². The van der Waals surface area contributed by atoms with Crippen LogP contribution in [0.3, 0.4) is 0 Å². The van der Waals surface area contributed by atoms with Crippen molar-refractivity contribution in [2.75, 3.05) is 26.4 Å². The number of nitrogens with two attached hydrogens (primary N) is 1. The summed E-state index contributed by atoms with van der Waals surface area (Å²) in [6, 6.07) is 5.28. The van der Waals surface area contributed by atoms with Crippen molar-refractivity contribution in [3.05, 3.63) is 29.3 Å². The predicted molar refractivity (Wildman–Crippen MR) is 94.2 cm³/mol. The highest BCUT2D eigenvalue weighted by Gasteiger charge is 2.16. The van der Waals surface area contributed by atoms with E-state index in [9.17, 15) is 9.90 Å². The van der Waals surface area contributed by atoms with Gasteiger partial charge in [-0.3, -0.25) is 4.79 Å². The summed E-state index contributed by atoms with van der Waals surface area (Å²) < 4.78 is 10.7. The van der Waals surface area contributed by atoms with E-state index in [0.717, 1.165) is 0 Å². The molecule has 0 aliphatic carbocycles. The standard InChI is InChI=1S/C18H30N2O4/c1-5-23-8-9-24-17-7-6-14(10-15(17)18(19)22)16(21)11-20-13(4)12(2)3/h6-7,10,12-13,16,20-21H,5,8-9,11H2,1-4H3,(H2,19,22). The molecular weight excluding hydrogens is 308 g/mol. The Balaban J connectivity index is 2.75. The quantitative estimate of drug-likeness (QED) is 0.536. The molecular formula is C18H30N2O4. The van der Waals surface area contributed by atoms with Crippen LogP contribution in [0.15, 0.2) is 18.2 Å². The van der Waals surface area contributed by atoms with Crippen molar-refractivity contribution >= 4 is 5.91 Å². The molecule has 2 atom stereocenters. The fourth-order valence-electron chi connectivity index (χ4n) is 2.08. The zero-order chi connectivity index (χ0) is 18.1. The molecule has 4 N–H and O–H groups in total. The Labute approximate surface area is 144 Å². The van der Waals surface area contributed by atoms with E-state index in [1.165, 1.54) is 0 Å². The molecule has 1 aromatic carbocycles. The lowest BCUT2D eigenvalue weighted by atomic mass is 10.0. The summed E-state index contributed by atoms with van der Waals surface area (Å²) in [6.07, 6.45) is -0.721. The lowest BCUT2D eigenvalue weighted by molar-refractivity contribution is 0.0978. The van der Waals surface area contributed by atoms with Crippen LogP contribution in [0.1, 0.15) is 49.7 Å². The molecule has 0 heterocycles. The van der Waals surface area contributed by atoms with Crippen molar-refractivity contribution in [2.45, 2.75) is 39.8 Å². The summed E-state index contributed by atoms with van der Waals surface area (Å²) in [4.78, 5) is 11.7. The van der Waals surface area contributed by atoms with Gasteiger partial charge in [-0.15, -0.1) is 0 Å². The van der Waals surface area contributed by atoms with Crippen molar-refractivity contribution in [3.63, 3.8) is 0 Å². The van der Waals surface area contributed by atoms with Gasteiger partial charge in [0, 0.05) is 19.2 Å². The van der Waals surface area contributed by atoms with Crippen molar-refractivity contribution in [1.82, 2.24) is 5.32 Å². The van der Waals surface area contributed by atoms with E-state index in [1.807, 2.05) is 6.92 Å². The fraction of sp³-hybridized carbons (Fsp3) is 0.611. The van der Waals surface area contributed by atoms with Gasteiger partial charge < -0.3 is 25.6 Å². The number of primary amides is 1. The molecule has 0 aliphatic rings. The normalized spacial score (nSPS) is 13.8. The minimum Gasteiger partial charge on any atom is -0.490 e. The molecule has 0 radical (unpaired) electrons. The smallest absolute Gasteiger partial charge is 0.252 e. The second kappa shape index (κ2) is 10.3. The molecule has 0 saturated carbocycles. The molecule has 6 nitrogen and oxygen atoms in total. The van der Waals surface area contributed by atoms with Crippen molar-refractivity contribution in [3.8, 4) is 5.75 Å². The van der Waals surface area contributed by atoms with Gasteiger partial charge in [0.15, 0.2) is 0 Å². The van der Waals surface area contributed by atoms with E-state index in [2.05, 4.69) is 26.1 Å². The third-order valence-electron chi connectivity index (χ3n) is 3.98. The highest BCUT2D eigenvalue weighted by molar-refractivity contribution is 5.95. The van der Waals surface area contributed by atoms with Crippen LogP contribution in [0, 0.1) is 5.92 Å². The lowest BCUT2D eigenvalue weighted by Crippen LogP contribution is -2.34. The second-order valence-corrected chi connectivity index (χ2v) is 6.12. The largest absolute Gasteiger partial charge is 0.490 e. The molecule has 0 fully saturated rings. The van der Waals surface area contributed by atoms with Crippen molar-refractivity contribution in [1.29, 1.82) is 0 Å². The van der Waals surface area contributed by atoms with Crippen LogP contribution in [0.4, 0.5) is 0 Å². The Morgan fingerprint density at radius 1 is 1.29 bits per heavy atom. The Kier molecular flexibility index (Phi) is 8.74. The summed E-state index contributed by atoms with van der Waals surface area (Å²) in [7, 11) is 0. The van der Waals surface area contributed by atoms with Gasteiger partial charge >= 0.3 is 0 Å². The van der Waals surface area contributed by atoms with Gasteiger partial charge in [0.25, 0.3) is 5.91 Å². The van der Waals surface area contributed by atoms with E-state index < -0.39 is 12.0 Å². The van der Waals surface area contributed by atoms with Crippen LogP contribution in [0.2, 0.25) is 0 Å². The van der Waals surface area contributed by atoms with Crippen LogP contribution < -0.4 is 15.8 Å². The first-order valence-electron chi connectivity index (χ1n) is 8.42. The first-order chi connectivity index (χ1) is 11.4. The molecule has 1 amide bonds. The van der Waals surface area contributed by atoms with Gasteiger partial charge in [0.05, 0.1) is 18.3 Å². The molecule has 2 unspecified atom stereocenters. The highest BCUT2D eigenvalue weighted by atomic mass is 16.5. The van der Waals surface area contributed by atoms with E-state index in [-0.39, 0.29) is 11.6 Å². The van der Waals surface area contributed by atoms with Crippen LogP contribution in [0.25, 0.3) is 0 Å². The van der Waals surface area contributed by atoms with E-state index in [4.69, 9.17) is 15.2 Å². The molecule has 0 aliphatic heterocycles. The number of hydrogen-bond acceptors (Lipinski definition) is 5. The van der Waals surface area contributed by atoms with E-state index in [0.29, 0.717) is 43.6 Å². The SMILES string of the molecule is CCOCCOc1ccc(C(O)CNC(C)C(C)C)cc1C(N)=O. The molecule has 24 heavy (non-hydrogen) atoms. The third-order valence-corrected chi connectivity index (χ3v) is 3.98. The Bertz CT molecular complexity index is 520. The number of hydrogen-bond donors (Lipinski definition) is 3. The zero-order valence-electron chi connectivity index (χ0n) is 15.0. The maximum absolute atomic E-state index is 11.7. The van der Waals surface area contributed by atoms with Crippen LogP contribution in [-0.4, -0.2) is 43.4 Å². The third kappa shape index (κ3) is 6.47. The average Bonchev–Trinajstić information content (AvgIpc) is 2.55. The zero-order valence-corrected chi connectivity index (χ0v) is 15.0. The van der Waals surface area contributed by atoms with Crippen LogP contribution >= 0.6 is 0 Å². The summed E-state index contributed by atoms with van der Waals surface area (Å²) >= 11 is 0. The van der Waals surface area contributed by atoms with E-state index >= 15 is 0 Å². The molecule has 6 heteroatoms. The molecule has 0 bridgehead atoms. The summed E-state index contributed by atoms with van der Waals surface area (Å²) in [5, 5.41) is 13.6. The topological polar surface area (TPSA) is 93.8 Å². The number of nitrogens with one attached hydrogen (secondary N) is 1. The number of aliphatic hydroxyl groups is 1. The second-order valence-electron chi connectivity index (χ2n) is 6.12.